The lowest BCUT2D eigenvalue weighted by molar-refractivity contribution is -0.121. The lowest BCUT2D eigenvalue weighted by Crippen LogP contribution is -2.32. The van der Waals surface area contributed by atoms with Gasteiger partial charge >= 0.3 is 0 Å². The topological polar surface area (TPSA) is 75.7 Å². The van der Waals surface area contributed by atoms with Gasteiger partial charge in [0.15, 0.2) is 0 Å². The summed E-state index contributed by atoms with van der Waals surface area (Å²) < 4.78 is 31.4. The third-order valence-corrected chi connectivity index (χ3v) is 6.72. The maximum atomic E-state index is 12.2. The van der Waals surface area contributed by atoms with Gasteiger partial charge in [0.05, 0.1) is 28.5 Å². The maximum absolute atomic E-state index is 12.2. The summed E-state index contributed by atoms with van der Waals surface area (Å²) in [7, 11) is -3.54. The molecule has 0 aliphatic carbocycles. The Kier molecular flexibility index (Phi) is 8.23. The number of hydrogen-bond donors (Lipinski definition) is 1. The van der Waals surface area contributed by atoms with Crippen LogP contribution in [0.3, 0.4) is 0 Å². The summed E-state index contributed by atoms with van der Waals surface area (Å²) in [6.07, 6.45) is 1.64. The molecular weight excluding hydrogens is 471 g/mol. The highest BCUT2D eigenvalue weighted by molar-refractivity contribution is 7.92. The zero-order chi connectivity index (χ0) is 23.1. The van der Waals surface area contributed by atoms with Crippen LogP contribution in [0.1, 0.15) is 12.8 Å². The Hall–Kier alpha value is -2.48. The molecule has 9 heteroatoms. The Morgan fingerprint density at radius 1 is 1.03 bits per heavy atom. The van der Waals surface area contributed by atoms with Crippen molar-refractivity contribution in [2.75, 3.05) is 30.3 Å². The SMILES string of the molecule is CS(=O)(=O)N(CCCC(=O)NCCOc1cccc2ccccc12)c1ccc(Cl)c(Cl)c1. The normalized spacial score (nSPS) is 11.3. The van der Waals surface area contributed by atoms with E-state index in [9.17, 15) is 13.2 Å². The smallest absolute Gasteiger partial charge is 0.232 e. The van der Waals surface area contributed by atoms with Crippen molar-refractivity contribution in [2.24, 2.45) is 0 Å². The molecule has 3 aromatic carbocycles. The van der Waals surface area contributed by atoms with Crippen LogP contribution in [0.15, 0.2) is 60.7 Å². The first-order chi connectivity index (χ1) is 15.3. The molecule has 170 valence electrons. The molecule has 0 fully saturated rings. The molecule has 0 heterocycles. The van der Waals surface area contributed by atoms with Crippen molar-refractivity contribution in [1.82, 2.24) is 5.32 Å². The minimum Gasteiger partial charge on any atom is -0.491 e. The molecule has 32 heavy (non-hydrogen) atoms. The van der Waals surface area contributed by atoms with Crippen LogP contribution in [-0.2, 0) is 14.8 Å². The van der Waals surface area contributed by atoms with Gasteiger partial charge in [-0.05, 0) is 36.1 Å². The van der Waals surface area contributed by atoms with Gasteiger partial charge in [-0.15, -0.1) is 0 Å². The minimum absolute atomic E-state index is 0.150. The fraction of sp³-hybridized carbons (Fsp3) is 0.261. The number of fused-ring (bicyclic) bond motifs is 1. The first-order valence-corrected chi connectivity index (χ1v) is 12.7. The number of sulfonamides is 1. The summed E-state index contributed by atoms with van der Waals surface area (Å²) in [4.78, 5) is 12.2. The van der Waals surface area contributed by atoms with E-state index in [4.69, 9.17) is 27.9 Å². The Morgan fingerprint density at radius 3 is 2.53 bits per heavy atom. The highest BCUT2D eigenvalue weighted by Gasteiger charge is 2.18. The van der Waals surface area contributed by atoms with E-state index in [0.29, 0.717) is 30.3 Å². The second-order valence-corrected chi connectivity index (χ2v) is 9.93. The van der Waals surface area contributed by atoms with Crippen molar-refractivity contribution < 1.29 is 17.9 Å². The van der Waals surface area contributed by atoms with Crippen LogP contribution in [0.2, 0.25) is 10.0 Å². The van der Waals surface area contributed by atoms with Crippen LogP contribution < -0.4 is 14.4 Å². The molecule has 1 amide bonds. The number of benzene rings is 3. The summed E-state index contributed by atoms with van der Waals surface area (Å²) >= 11 is 11.9. The number of hydrogen-bond acceptors (Lipinski definition) is 4. The summed E-state index contributed by atoms with van der Waals surface area (Å²) in [6.45, 7) is 0.833. The van der Waals surface area contributed by atoms with Crippen LogP contribution in [-0.4, -0.2) is 40.3 Å². The van der Waals surface area contributed by atoms with Gasteiger partial charge in [0, 0.05) is 18.4 Å². The Labute approximate surface area is 198 Å². The second-order valence-electron chi connectivity index (χ2n) is 7.21. The molecule has 0 aliphatic rings. The van der Waals surface area contributed by atoms with Gasteiger partial charge in [-0.1, -0.05) is 59.6 Å². The van der Waals surface area contributed by atoms with E-state index < -0.39 is 10.0 Å². The third-order valence-electron chi connectivity index (χ3n) is 4.79. The molecule has 0 saturated heterocycles. The van der Waals surface area contributed by atoms with Crippen LogP contribution in [0.25, 0.3) is 10.8 Å². The van der Waals surface area contributed by atoms with Crippen LogP contribution >= 0.6 is 23.2 Å². The van der Waals surface area contributed by atoms with E-state index >= 15 is 0 Å². The molecular formula is C23H24Cl2N2O4S. The molecule has 3 aromatic rings. The molecule has 0 saturated carbocycles. The standard InChI is InChI=1S/C23H24Cl2N2O4S/c1-32(29,30)27(18-11-12-20(24)21(25)16-18)14-5-10-23(28)26-13-15-31-22-9-4-7-17-6-2-3-8-19(17)22/h2-4,6-9,11-12,16H,5,10,13-15H2,1H3,(H,26,28). The molecule has 0 spiro atoms. The van der Waals surface area contributed by atoms with Gasteiger partial charge in [-0.3, -0.25) is 9.10 Å². The molecule has 0 radical (unpaired) electrons. The number of anilines is 1. The number of carbonyl (C=O) groups excluding carboxylic acids is 1. The summed E-state index contributed by atoms with van der Waals surface area (Å²) in [5, 5.41) is 5.51. The minimum atomic E-state index is -3.54. The lowest BCUT2D eigenvalue weighted by Gasteiger charge is -2.22. The Morgan fingerprint density at radius 2 is 1.78 bits per heavy atom. The maximum Gasteiger partial charge on any atom is 0.232 e. The third kappa shape index (κ3) is 6.51. The van der Waals surface area contributed by atoms with E-state index in [1.54, 1.807) is 12.1 Å². The second kappa shape index (κ2) is 10.9. The number of ether oxygens (including phenoxy) is 1. The van der Waals surface area contributed by atoms with Gasteiger partial charge in [-0.25, -0.2) is 8.42 Å². The van der Waals surface area contributed by atoms with Gasteiger partial charge in [0.25, 0.3) is 0 Å². The molecule has 6 nitrogen and oxygen atoms in total. The zero-order valence-corrected chi connectivity index (χ0v) is 19.9. The summed E-state index contributed by atoms with van der Waals surface area (Å²) in [5.41, 5.74) is 0.408. The summed E-state index contributed by atoms with van der Waals surface area (Å²) in [5.74, 6) is 0.594. The van der Waals surface area contributed by atoms with Crippen molar-refractivity contribution in [3.63, 3.8) is 0 Å². The first-order valence-electron chi connectivity index (χ1n) is 10.1. The average Bonchev–Trinajstić information content (AvgIpc) is 2.75. The van der Waals surface area contributed by atoms with Gasteiger partial charge in [-0.2, -0.15) is 0 Å². The van der Waals surface area contributed by atoms with Crippen LogP contribution in [0, 0.1) is 0 Å². The van der Waals surface area contributed by atoms with Crippen LogP contribution in [0.4, 0.5) is 5.69 Å². The number of halogens is 2. The Balaban J connectivity index is 1.46. The average molecular weight is 495 g/mol. The fourth-order valence-corrected chi connectivity index (χ4v) is 4.52. The van der Waals surface area contributed by atoms with Crippen molar-refractivity contribution in [3.8, 4) is 5.75 Å². The van der Waals surface area contributed by atoms with E-state index in [-0.39, 0.29) is 23.9 Å². The number of nitrogens with zero attached hydrogens (tertiary/aromatic N) is 1. The quantitative estimate of drug-likeness (QED) is 0.407. The van der Waals surface area contributed by atoms with E-state index in [1.165, 1.54) is 10.4 Å². The molecule has 0 aliphatic heterocycles. The number of amides is 1. The Bertz CT molecular complexity index is 1200. The van der Waals surface area contributed by atoms with Crippen molar-refractivity contribution in [3.05, 3.63) is 70.7 Å². The highest BCUT2D eigenvalue weighted by atomic mass is 35.5. The lowest BCUT2D eigenvalue weighted by atomic mass is 10.1. The monoisotopic (exact) mass is 494 g/mol. The summed E-state index contributed by atoms with van der Waals surface area (Å²) in [6, 6.07) is 18.4. The van der Waals surface area contributed by atoms with E-state index in [0.717, 1.165) is 22.8 Å². The van der Waals surface area contributed by atoms with E-state index in [1.807, 2.05) is 42.5 Å². The first kappa shape index (κ1) is 24.2. The molecule has 3 rings (SSSR count). The molecule has 0 aromatic heterocycles. The number of nitrogens with one attached hydrogen (secondary N) is 1. The molecule has 0 atom stereocenters. The molecule has 0 unspecified atom stereocenters. The zero-order valence-electron chi connectivity index (χ0n) is 17.6. The molecule has 0 bridgehead atoms. The fourth-order valence-electron chi connectivity index (χ4n) is 3.27. The van der Waals surface area contributed by atoms with Gasteiger partial charge in [0.2, 0.25) is 15.9 Å². The van der Waals surface area contributed by atoms with Gasteiger partial charge in [0.1, 0.15) is 12.4 Å². The largest absolute Gasteiger partial charge is 0.491 e. The number of rotatable bonds is 10. The van der Waals surface area contributed by atoms with Crippen molar-refractivity contribution in [2.45, 2.75) is 12.8 Å². The van der Waals surface area contributed by atoms with E-state index in [2.05, 4.69) is 5.32 Å². The number of carbonyl (C=O) groups is 1. The van der Waals surface area contributed by atoms with Gasteiger partial charge < -0.3 is 10.1 Å². The highest BCUT2D eigenvalue weighted by Crippen LogP contribution is 2.28. The predicted octanol–water partition coefficient (Wildman–Crippen LogP) is 4.89. The van der Waals surface area contributed by atoms with Crippen molar-refractivity contribution >= 4 is 55.6 Å². The van der Waals surface area contributed by atoms with Crippen molar-refractivity contribution in [1.29, 1.82) is 0 Å². The van der Waals surface area contributed by atoms with Crippen LogP contribution in [0.5, 0.6) is 5.75 Å². The predicted molar refractivity (Wildman–Crippen MR) is 130 cm³/mol. The molecule has 1 N–H and O–H groups in total.